The van der Waals surface area contributed by atoms with E-state index in [1.165, 1.54) is 0 Å². The third-order valence-electron chi connectivity index (χ3n) is 4.68. The maximum Gasteiger partial charge on any atom is 0.251 e. The summed E-state index contributed by atoms with van der Waals surface area (Å²) in [5.74, 6) is -0.0753. The van der Waals surface area contributed by atoms with Crippen LogP contribution in [0.15, 0.2) is 79.3 Å². The average Bonchev–Trinajstić information content (AvgIpc) is 3.23. The molecular formula is C23H20N4O. The van der Waals surface area contributed by atoms with Crippen molar-refractivity contribution in [3.05, 3.63) is 95.9 Å². The molecule has 0 saturated heterocycles. The van der Waals surface area contributed by atoms with Gasteiger partial charge in [-0.25, -0.2) is 0 Å². The molecule has 5 heteroatoms. The van der Waals surface area contributed by atoms with Crippen molar-refractivity contribution >= 4 is 5.91 Å². The molecule has 1 amide bonds. The molecule has 0 aliphatic heterocycles. The maximum absolute atomic E-state index is 12.2. The van der Waals surface area contributed by atoms with Crippen LogP contribution in [0.2, 0.25) is 0 Å². The lowest BCUT2D eigenvalue weighted by Crippen LogP contribution is -2.22. The average molecular weight is 368 g/mol. The number of carbonyl (C=O) groups is 1. The van der Waals surface area contributed by atoms with Crippen molar-refractivity contribution in [2.45, 2.75) is 13.5 Å². The van der Waals surface area contributed by atoms with E-state index in [-0.39, 0.29) is 5.91 Å². The fraction of sp³-hybridized carbons (Fsp3) is 0.0870. The molecule has 0 unspecified atom stereocenters. The Labute approximate surface area is 163 Å². The van der Waals surface area contributed by atoms with Crippen LogP contribution < -0.4 is 5.32 Å². The second-order valence-electron chi connectivity index (χ2n) is 6.59. The van der Waals surface area contributed by atoms with Crippen LogP contribution in [0.5, 0.6) is 0 Å². The second-order valence-corrected chi connectivity index (χ2v) is 6.59. The lowest BCUT2D eigenvalue weighted by molar-refractivity contribution is 0.0951. The Morgan fingerprint density at radius 3 is 2.50 bits per heavy atom. The summed E-state index contributed by atoms with van der Waals surface area (Å²) < 4.78 is 0. The Kier molecular flexibility index (Phi) is 4.97. The zero-order valence-corrected chi connectivity index (χ0v) is 15.5. The molecule has 0 fully saturated rings. The van der Waals surface area contributed by atoms with Gasteiger partial charge in [-0.05, 0) is 41.8 Å². The first-order chi connectivity index (χ1) is 13.7. The smallest absolute Gasteiger partial charge is 0.251 e. The van der Waals surface area contributed by atoms with Gasteiger partial charge in [0.15, 0.2) is 0 Å². The molecule has 0 aliphatic carbocycles. The molecule has 2 aromatic carbocycles. The molecule has 2 aromatic heterocycles. The van der Waals surface area contributed by atoms with Gasteiger partial charge in [0.2, 0.25) is 0 Å². The van der Waals surface area contributed by atoms with Crippen LogP contribution in [-0.2, 0) is 6.54 Å². The SMILES string of the molecule is Cc1cnccc1-c1cn[nH]c1-c1ccc(CNC(=O)c2ccccc2)cc1. The van der Waals surface area contributed by atoms with Crippen LogP contribution in [0.25, 0.3) is 22.4 Å². The van der Waals surface area contributed by atoms with Gasteiger partial charge in [-0.2, -0.15) is 5.10 Å². The molecule has 2 heterocycles. The summed E-state index contributed by atoms with van der Waals surface area (Å²) in [5, 5.41) is 10.3. The summed E-state index contributed by atoms with van der Waals surface area (Å²) in [6, 6.07) is 19.3. The normalized spacial score (nSPS) is 10.6. The number of aromatic amines is 1. The zero-order valence-electron chi connectivity index (χ0n) is 15.5. The Morgan fingerprint density at radius 2 is 1.75 bits per heavy atom. The van der Waals surface area contributed by atoms with E-state index in [1.807, 2.05) is 67.8 Å². The van der Waals surface area contributed by atoms with Crippen LogP contribution in [0.1, 0.15) is 21.5 Å². The van der Waals surface area contributed by atoms with Crippen molar-refractivity contribution in [3.63, 3.8) is 0 Å². The van der Waals surface area contributed by atoms with Gasteiger partial charge in [0.25, 0.3) is 5.91 Å². The van der Waals surface area contributed by atoms with Crippen molar-refractivity contribution in [1.29, 1.82) is 0 Å². The van der Waals surface area contributed by atoms with Crippen molar-refractivity contribution in [2.75, 3.05) is 0 Å². The molecule has 0 saturated carbocycles. The summed E-state index contributed by atoms with van der Waals surface area (Å²) in [6.45, 7) is 2.52. The molecule has 5 nitrogen and oxygen atoms in total. The van der Waals surface area contributed by atoms with Crippen LogP contribution in [0.4, 0.5) is 0 Å². The number of pyridine rings is 1. The van der Waals surface area contributed by atoms with E-state index >= 15 is 0 Å². The van der Waals surface area contributed by atoms with E-state index in [4.69, 9.17) is 0 Å². The van der Waals surface area contributed by atoms with Crippen LogP contribution in [-0.4, -0.2) is 21.1 Å². The number of hydrogen-bond acceptors (Lipinski definition) is 3. The van der Waals surface area contributed by atoms with Gasteiger partial charge in [0.05, 0.1) is 11.9 Å². The minimum atomic E-state index is -0.0753. The predicted molar refractivity (Wildman–Crippen MR) is 110 cm³/mol. The van der Waals surface area contributed by atoms with E-state index < -0.39 is 0 Å². The quantitative estimate of drug-likeness (QED) is 0.549. The molecule has 0 aliphatic rings. The number of aromatic nitrogens is 3. The zero-order chi connectivity index (χ0) is 19.3. The Morgan fingerprint density at radius 1 is 0.964 bits per heavy atom. The van der Waals surface area contributed by atoms with Gasteiger partial charge < -0.3 is 5.32 Å². The number of nitrogens with zero attached hydrogens (tertiary/aromatic N) is 2. The lowest BCUT2D eigenvalue weighted by Gasteiger charge is -2.08. The van der Waals surface area contributed by atoms with Gasteiger partial charge in [0.1, 0.15) is 0 Å². The number of amides is 1. The van der Waals surface area contributed by atoms with E-state index in [0.717, 1.165) is 33.5 Å². The fourth-order valence-electron chi connectivity index (χ4n) is 3.15. The summed E-state index contributed by atoms with van der Waals surface area (Å²) >= 11 is 0. The summed E-state index contributed by atoms with van der Waals surface area (Å²) in [7, 11) is 0. The first kappa shape index (κ1) is 17.7. The second kappa shape index (κ2) is 7.88. The van der Waals surface area contributed by atoms with Crippen LogP contribution >= 0.6 is 0 Å². The Balaban J connectivity index is 1.50. The number of hydrogen-bond donors (Lipinski definition) is 2. The number of rotatable bonds is 5. The number of H-pyrrole nitrogens is 1. The van der Waals surface area contributed by atoms with E-state index in [1.54, 1.807) is 18.3 Å². The van der Waals surface area contributed by atoms with E-state index in [9.17, 15) is 4.79 Å². The largest absolute Gasteiger partial charge is 0.348 e. The van der Waals surface area contributed by atoms with E-state index in [0.29, 0.717) is 12.1 Å². The van der Waals surface area contributed by atoms with Gasteiger partial charge in [0, 0.05) is 35.6 Å². The maximum atomic E-state index is 12.2. The predicted octanol–water partition coefficient (Wildman–Crippen LogP) is 4.38. The number of benzene rings is 2. The van der Waals surface area contributed by atoms with Gasteiger partial charge >= 0.3 is 0 Å². The van der Waals surface area contributed by atoms with Crippen LogP contribution in [0, 0.1) is 6.92 Å². The molecule has 4 aromatic rings. The van der Waals surface area contributed by atoms with Crippen LogP contribution in [0.3, 0.4) is 0 Å². The number of carbonyl (C=O) groups excluding carboxylic acids is 1. The molecule has 28 heavy (non-hydrogen) atoms. The van der Waals surface area contributed by atoms with Crippen molar-refractivity contribution < 1.29 is 4.79 Å². The molecule has 0 bridgehead atoms. The Hall–Kier alpha value is -3.73. The summed E-state index contributed by atoms with van der Waals surface area (Å²) in [5.41, 5.74) is 6.97. The van der Waals surface area contributed by atoms with Crippen molar-refractivity contribution in [1.82, 2.24) is 20.5 Å². The number of aryl methyl sites for hydroxylation is 1. The highest BCUT2D eigenvalue weighted by molar-refractivity contribution is 5.94. The molecular weight excluding hydrogens is 348 g/mol. The van der Waals surface area contributed by atoms with Crippen molar-refractivity contribution in [3.8, 4) is 22.4 Å². The standard InChI is InChI=1S/C23H20N4O/c1-16-13-24-12-11-20(16)21-15-26-27-22(21)18-9-7-17(8-10-18)14-25-23(28)19-5-3-2-4-6-19/h2-13,15H,14H2,1H3,(H,25,28)(H,26,27). The summed E-state index contributed by atoms with van der Waals surface area (Å²) in [4.78, 5) is 16.3. The highest BCUT2D eigenvalue weighted by Gasteiger charge is 2.12. The minimum Gasteiger partial charge on any atom is -0.348 e. The number of nitrogens with one attached hydrogen (secondary N) is 2. The van der Waals surface area contributed by atoms with Gasteiger partial charge in [-0.3, -0.25) is 14.9 Å². The topological polar surface area (TPSA) is 70.7 Å². The highest BCUT2D eigenvalue weighted by atomic mass is 16.1. The highest BCUT2D eigenvalue weighted by Crippen LogP contribution is 2.31. The molecule has 4 rings (SSSR count). The Bertz CT molecular complexity index is 1090. The lowest BCUT2D eigenvalue weighted by atomic mass is 9.99. The van der Waals surface area contributed by atoms with E-state index in [2.05, 4.69) is 20.5 Å². The van der Waals surface area contributed by atoms with Crippen molar-refractivity contribution in [2.24, 2.45) is 0 Å². The van der Waals surface area contributed by atoms with Gasteiger partial charge in [-0.1, -0.05) is 42.5 Å². The molecule has 138 valence electrons. The molecule has 0 radical (unpaired) electrons. The molecule has 2 N–H and O–H groups in total. The summed E-state index contributed by atoms with van der Waals surface area (Å²) in [6.07, 6.45) is 5.48. The molecule has 0 atom stereocenters. The monoisotopic (exact) mass is 368 g/mol. The minimum absolute atomic E-state index is 0.0753. The third-order valence-corrected chi connectivity index (χ3v) is 4.68. The first-order valence-corrected chi connectivity index (χ1v) is 9.09. The molecule has 0 spiro atoms. The first-order valence-electron chi connectivity index (χ1n) is 9.09. The van der Waals surface area contributed by atoms with Gasteiger partial charge in [-0.15, -0.1) is 0 Å². The fourth-order valence-corrected chi connectivity index (χ4v) is 3.15. The third kappa shape index (κ3) is 3.69.